The molecule has 1 rings (SSSR count). The monoisotopic (exact) mass is 424 g/mol. The number of hydrogen-bond donors (Lipinski definition) is 0. The highest BCUT2D eigenvalue weighted by molar-refractivity contribution is 5.79. The lowest BCUT2D eigenvalue weighted by atomic mass is 10.2. The van der Waals surface area contributed by atoms with Gasteiger partial charge in [0.25, 0.3) is 0 Å². The Kier molecular flexibility index (Phi) is 11.8. The molecule has 9 heteroatoms. The Morgan fingerprint density at radius 1 is 0.633 bits per heavy atom. The van der Waals surface area contributed by atoms with E-state index in [4.69, 9.17) is 0 Å². The van der Waals surface area contributed by atoms with Gasteiger partial charge in [-0.2, -0.15) is 0 Å². The molecule has 1 aliphatic rings. The first-order valence-electron chi connectivity index (χ1n) is 10.4. The van der Waals surface area contributed by atoms with Crippen molar-refractivity contribution in [3.63, 3.8) is 0 Å². The number of Topliss-reactive ketones (excluding diaryl/α,β-unsaturated/α-hetero) is 4. The van der Waals surface area contributed by atoms with Crippen molar-refractivity contribution in [2.24, 2.45) is 0 Å². The number of hydrogen-bond acceptors (Lipinski definition) is 9. The van der Waals surface area contributed by atoms with Crippen molar-refractivity contribution >= 4 is 29.4 Å². The van der Waals surface area contributed by atoms with Crippen molar-refractivity contribution in [2.75, 3.05) is 72.0 Å². The van der Waals surface area contributed by atoms with E-state index in [1.54, 1.807) is 6.92 Å². The standard InChI is InChI=1S/C21H36N4O5/c1-17(27)11-22-5-6-23(12-18(2)28)9-10-25(14-20(4)30)21(16-26)15-24(8-7-22)13-19(3)29/h16,21H,5-15H2,1-4H3. The van der Waals surface area contributed by atoms with Gasteiger partial charge in [0.2, 0.25) is 0 Å². The summed E-state index contributed by atoms with van der Waals surface area (Å²) in [5.41, 5.74) is 0. The fraction of sp³-hybridized carbons (Fsp3) is 0.762. The zero-order valence-electron chi connectivity index (χ0n) is 18.8. The summed E-state index contributed by atoms with van der Waals surface area (Å²) in [6.07, 6.45) is 0.824. The SMILES string of the molecule is CC(=O)CN1CCN(CC(C)=O)CCN(CC(C)=O)C(C=O)CN(CC(C)=O)CC1. The third-order valence-electron chi connectivity index (χ3n) is 5.00. The predicted molar refractivity (Wildman–Crippen MR) is 113 cm³/mol. The molecule has 170 valence electrons. The predicted octanol–water partition coefficient (Wildman–Crippen LogP) is -0.868. The van der Waals surface area contributed by atoms with Crippen LogP contribution in [-0.4, -0.2) is 127 Å². The lowest BCUT2D eigenvalue weighted by molar-refractivity contribution is -0.123. The average Bonchev–Trinajstić information content (AvgIpc) is 2.61. The molecule has 0 bridgehead atoms. The fourth-order valence-electron chi connectivity index (χ4n) is 3.71. The maximum Gasteiger partial charge on any atom is 0.143 e. The summed E-state index contributed by atoms with van der Waals surface area (Å²) in [5.74, 6) is 0.0445. The van der Waals surface area contributed by atoms with Crippen LogP contribution in [0.15, 0.2) is 0 Å². The van der Waals surface area contributed by atoms with Crippen LogP contribution in [0.1, 0.15) is 27.7 Å². The van der Waals surface area contributed by atoms with Gasteiger partial charge in [-0.05, 0) is 27.7 Å². The van der Waals surface area contributed by atoms with Crippen LogP contribution in [0.3, 0.4) is 0 Å². The highest BCUT2D eigenvalue weighted by atomic mass is 16.1. The van der Waals surface area contributed by atoms with E-state index in [-0.39, 0.29) is 42.8 Å². The maximum atomic E-state index is 11.9. The normalized spacial score (nSPS) is 21.4. The molecule has 1 atom stereocenters. The number of carbonyl (C=O) groups is 5. The zero-order valence-corrected chi connectivity index (χ0v) is 18.8. The van der Waals surface area contributed by atoms with Crippen LogP contribution in [0.4, 0.5) is 0 Å². The second-order valence-electron chi connectivity index (χ2n) is 8.27. The highest BCUT2D eigenvalue weighted by Crippen LogP contribution is 2.06. The van der Waals surface area contributed by atoms with E-state index in [9.17, 15) is 24.0 Å². The number of aldehydes is 1. The van der Waals surface area contributed by atoms with Crippen molar-refractivity contribution in [1.29, 1.82) is 0 Å². The molecule has 1 fully saturated rings. The Labute approximate surface area is 179 Å². The summed E-state index contributed by atoms with van der Waals surface area (Å²) in [4.78, 5) is 66.6. The van der Waals surface area contributed by atoms with E-state index in [1.807, 2.05) is 19.6 Å². The zero-order chi connectivity index (χ0) is 22.7. The van der Waals surface area contributed by atoms with Crippen LogP contribution < -0.4 is 0 Å². The van der Waals surface area contributed by atoms with Gasteiger partial charge in [0, 0.05) is 45.8 Å². The van der Waals surface area contributed by atoms with Crippen LogP contribution in [0.2, 0.25) is 0 Å². The van der Waals surface area contributed by atoms with Crippen molar-refractivity contribution in [2.45, 2.75) is 33.7 Å². The van der Waals surface area contributed by atoms with E-state index >= 15 is 0 Å². The fourth-order valence-corrected chi connectivity index (χ4v) is 3.71. The lowest BCUT2D eigenvalue weighted by Crippen LogP contribution is -2.53. The molecule has 0 N–H and O–H groups in total. The first-order chi connectivity index (χ1) is 14.1. The van der Waals surface area contributed by atoms with Gasteiger partial charge in [0.1, 0.15) is 29.4 Å². The van der Waals surface area contributed by atoms with Gasteiger partial charge in [-0.3, -0.25) is 38.8 Å². The van der Waals surface area contributed by atoms with Crippen LogP contribution in [0, 0.1) is 0 Å². The molecule has 0 radical (unpaired) electrons. The summed E-state index contributed by atoms with van der Waals surface area (Å²) in [5, 5.41) is 0. The van der Waals surface area contributed by atoms with E-state index in [1.165, 1.54) is 20.8 Å². The Morgan fingerprint density at radius 2 is 1.00 bits per heavy atom. The van der Waals surface area contributed by atoms with E-state index in [0.717, 1.165) is 6.29 Å². The van der Waals surface area contributed by atoms with Crippen molar-refractivity contribution in [1.82, 2.24) is 19.6 Å². The molecule has 0 amide bonds. The highest BCUT2D eigenvalue weighted by Gasteiger charge is 2.25. The van der Waals surface area contributed by atoms with Gasteiger partial charge >= 0.3 is 0 Å². The quantitative estimate of drug-likeness (QED) is 0.438. The van der Waals surface area contributed by atoms with Crippen LogP contribution in [-0.2, 0) is 24.0 Å². The largest absolute Gasteiger partial charge is 0.302 e. The number of ketones is 4. The summed E-state index contributed by atoms with van der Waals surface area (Å²) < 4.78 is 0. The molecular weight excluding hydrogens is 388 g/mol. The Hall–Kier alpha value is -1.81. The van der Waals surface area contributed by atoms with Crippen LogP contribution in [0.25, 0.3) is 0 Å². The molecule has 0 aromatic heterocycles. The van der Waals surface area contributed by atoms with Gasteiger partial charge in [0.05, 0.1) is 32.2 Å². The minimum atomic E-state index is -0.534. The summed E-state index contributed by atoms with van der Waals surface area (Å²) >= 11 is 0. The van der Waals surface area contributed by atoms with Crippen molar-refractivity contribution < 1.29 is 24.0 Å². The molecule has 30 heavy (non-hydrogen) atoms. The number of rotatable bonds is 9. The molecule has 0 aromatic carbocycles. The molecule has 0 saturated carbocycles. The maximum absolute atomic E-state index is 11.9. The summed E-state index contributed by atoms with van der Waals surface area (Å²) in [6, 6.07) is -0.534. The Balaban J connectivity index is 3.11. The Bertz CT molecular complexity index is 625. The van der Waals surface area contributed by atoms with Crippen LogP contribution >= 0.6 is 0 Å². The third-order valence-corrected chi connectivity index (χ3v) is 5.00. The van der Waals surface area contributed by atoms with Gasteiger partial charge < -0.3 is 4.79 Å². The van der Waals surface area contributed by atoms with Gasteiger partial charge in [-0.1, -0.05) is 0 Å². The minimum absolute atomic E-state index is 0.00406. The van der Waals surface area contributed by atoms with Gasteiger partial charge in [-0.15, -0.1) is 0 Å². The minimum Gasteiger partial charge on any atom is -0.302 e. The summed E-state index contributed by atoms with van der Waals surface area (Å²) in [7, 11) is 0. The summed E-state index contributed by atoms with van der Waals surface area (Å²) in [6.45, 7) is 10.6. The van der Waals surface area contributed by atoms with E-state index in [2.05, 4.69) is 0 Å². The van der Waals surface area contributed by atoms with Crippen molar-refractivity contribution in [3.8, 4) is 0 Å². The molecule has 1 saturated heterocycles. The Morgan fingerprint density at radius 3 is 1.40 bits per heavy atom. The molecule has 9 nitrogen and oxygen atoms in total. The van der Waals surface area contributed by atoms with Crippen LogP contribution in [0.5, 0.6) is 0 Å². The van der Waals surface area contributed by atoms with Gasteiger partial charge in [0.15, 0.2) is 0 Å². The third kappa shape index (κ3) is 10.8. The number of carbonyl (C=O) groups excluding carboxylic acids is 5. The smallest absolute Gasteiger partial charge is 0.143 e. The molecule has 1 unspecified atom stereocenters. The van der Waals surface area contributed by atoms with E-state index in [0.29, 0.717) is 52.4 Å². The van der Waals surface area contributed by atoms with Gasteiger partial charge in [-0.25, -0.2) is 0 Å². The number of nitrogens with zero attached hydrogens (tertiary/aromatic N) is 4. The molecule has 0 spiro atoms. The molecule has 0 aliphatic carbocycles. The van der Waals surface area contributed by atoms with Crippen molar-refractivity contribution in [3.05, 3.63) is 0 Å². The topological polar surface area (TPSA) is 98.3 Å². The molecule has 1 heterocycles. The average molecular weight is 425 g/mol. The molecule has 0 aromatic rings. The van der Waals surface area contributed by atoms with E-state index < -0.39 is 6.04 Å². The molecular formula is C21H36N4O5. The first kappa shape index (κ1) is 26.2. The first-order valence-corrected chi connectivity index (χ1v) is 10.4. The molecule has 1 aliphatic heterocycles. The lowest BCUT2D eigenvalue weighted by Gasteiger charge is -2.36. The second kappa shape index (κ2) is 13.5. The second-order valence-corrected chi connectivity index (χ2v) is 8.27.